The zero-order chi connectivity index (χ0) is 12.3. The van der Waals surface area contributed by atoms with Gasteiger partial charge in [0.05, 0.1) is 0 Å². The number of hydrogen-bond donors (Lipinski definition) is 2. The second-order valence-electron chi connectivity index (χ2n) is 4.54. The van der Waals surface area contributed by atoms with Crippen molar-refractivity contribution < 1.29 is 4.79 Å². The number of nitrogens with one attached hydrogen (secondary N) is 1. The lowest BCUT2D eigenvalue weighted by atomic mass is 10.0. The van der Waals surface area contributed by atoms with Crippen LogP contribution in [-0.2, 0) is 0 Å². The molecule has 3 heteroatoms. The molecule has 0 heterocycles. The Morgan fingerprint density at radius 3 is 2.38 bits per heavy atom. The van der Waals surface area contributed by atoms with Gasteiger partial charge >= 0.3 is 0 Å². The third kappa shape index (κ3) is 2.99. The summed E-state index contributed by atoms with van der Waals surface area (Å²) in [5, 5.41) is 3.36. The molecule has 0 aromatic heterocycles. The van der Waals surface area contributed by atoms with E-state index >= 15 is 0 Å². The minimum Gasteiger partial charge on any atom is -0.398 e. The molecule has 0 radical (unpaired) electrons. The Hall–Kier alpha value is -1.51. The van der Waals surface area contributed by atoms with E-state index in [9.17, 15) is 4.79 Å². The second-order valence-corrected chi connectivity index (χ2v) is 4.54. The van der Waals surface area contributed by atoms with Crippen LogP contribution in [0, 0.1) is 5.92 Å². The topological polar surface area (TPSA) is 55.1 Å². The molecular formula is C13H20N2O. The number of nitrogen functional groups attached to an aromatic ring is 1. The molecule has 16 heavy (non-hydrogen) atoms. The summed E-state index contributed by atoms with van der Waals surface area (Å²) in [5.41, 5.74) is 7.90. The van der Waals surface area contributed by atoms with Crippen LogP contribution < -0.4 is 11.1 Å². The molecule has 1 aromatic carbocycles. The van der Waals surface area contributed by atoms with Gasteiger partial charge in [0.2, 0.25) is 0 Å². The summed E-state index contributed by atoms with van der Waals surface area (Å²) in [6.07, 6.45) is 0. The zero-order valence-electron chi connectivity index (χ0n) is 10.4. The molecule has 1 rings (SSSR count). The van der Waals surface area contributed by atoms with Crippen LogP contribution in [0.2, 0.25) is 0 Å². The van der Waals surface area contributed by atoms with E-state index in [2.05, 4.69) is 26.1 Å². The lowest BCUT2D eigenvalue weighted by Gasteiger charge is -2.19. The normalized spacial score (nSPS) is 12.6. The molecular weight excluding hydrogens is 200 g/mol. The number of carbonyl (C=O) groups excluding carboxylic acids is 1. The van der Waals surface area contributed by atoms with Crippen LogP contribution in [0.1, 0.15) is 38.1 Å². The molecule has 0 aliphatic carbocycles. The quantitative estimate of drug-likeness (QED) is 0.606. The fourth-order valence-electron chi connectivity index (χ4n) is 1.40. The van der Waals surface area contributed by atoms with Gasteiger partial charge in [0.1, 0.15) is 0 Å². The molecule has 1 unspecified atom stereocenters. The molecule has 88 valence electrons. The summed E-state index contributed by atoms with van der Waals surface area (Å²) in [6, 6.07) is 5.86. The van der Waals surface area contributed by atoms with E-state index in [1.54, 1.807) is 6.07 Å². The lowest BCUT2D eigenvalue weighted by Crippen LogP contribution is -2.21. The second kappa shape index (κ2) is 5.01. The molecule has 0 bridgehead atoms. The van der Waals surface area contributed by atoms with Gasteiger partial charge in [-0.15, -0.1) is 0 Å². The molecule has 0 saturated heterocycles. The standard InChI is InChI=1S/C13H20N2O/c1-8(2)9(3)15-11-5-6-12(10(4)16)13(14)7-11/h5-9,15H,14H2,1-4H3. The number of rotatable bonds is 4. The first-order valence-corrected chi connectivity index (χ1v) is 5.58. The van der Waals surface area contributed by atoms with Crippen molar-refractivity contribution in [3.63, 3.8) is 0 Å². The summed E-state index contributed by atoms with van der Waals surface area (Å²) < 4.78 is 0. The summed E-state index contributed by atoms with van der Waals surface area (Å²) in [7, 11) is 0. The van der Waals surface area contributed by atoms with E-state index in [0.717, 1.165) is 5.69 Å². The number of benzene rings is 1. The van der Waals surface area contributed by atoms with Crippen LogP contribution in [0.4, 0.5) is 11.4 Å². The van der Waals surface area contributed by atoms with Crippen LogP contribution in [0.5, 0.6) is 0 Å². The Morgan fingerprint density at radius 2 is 1.94 bits per heavy atom. The predicted octanol–water partition coefficient (Wildman–Crippen LogP) is 2.93. The Kier molecular flexibility index (Phi) is 3.93. The molecule has 1 aromatic rings. The van der Waals surface area contributed by atoms with Crippen LogP contribution in [-0.4, -0.2) is 11.8 Å². The van der Waals surface area contributed by atoms with E-state index in [1.165, 1.54) is 6.92 Å². The molecule has 0 aliphatic heterocycles. The van der Waals surface area contributed by atoms with Crippen molar-refractivity contribution in [2.24, 2.45) is 5.92 Å². The third-order valence-electron chi connectivity index (χ3n) is 2.83. The first-order chi connectivity index (χ1) is 7.41. The first-order valence-electron chi connectivity index (χ1n) is 5.58. The van der Waals surface area contributed by atoms with Crippen molar-refractivity contribution in [2.45, 2.75) is 33.7 Å². The van der Waals surface area contributed by atoms with Gasteiger partial charge in [-0.3, -0.25) is 4.79 Å². The molecule has 1 atom stereocenters. The van der Waals surface area contributed by atoms with Crippen molar-refractivity contribution in [2.75, 3.05) is 11.1 Å². The monoisotopic (exact) mass is 220 g/mol. The first kappa shape index (κ1) is 12.6. The van der Waals surface area contributed by atoms with Gasteiger partial charge in [-0.1, -0.05) is 13.8 Å². The highest BCUT2D eigenvalue weighted by Gasteiger charge is 2.09. The smallest absolute Gasteiger partial charge is 0.161 e. The number of carbonyl (C=O) groups is 1. The molecule has 0 amide bonds. The van der Waals surface area contributed by atoms with Crippen LogP contribution in [0.15, 0.2) is 18.2 Å². The van der Waals surface area contributed by atoms with Crippen molar-refractivity contribution in [1.29, 1.82) is 0 Å². The summed E-state index contributed by atoms with van der Waals surface area (Å²) in [6.45, 7) is 7.96. The van der Waals surface area contributed by atoms with E-state index in [1.807, 2.05) is 12.1 Å². The minimum atomic E-state index is 0.000887. The van der Waals surface area contributed by atoms with Gasteiger partial charge in [-0.05, 0) is 38.0 Å². The number of nitrogens with two attached hydrogens (primary N) is 1. The predicted molar refractivity (Wildman–Crippen MR) is 68.8 cm³/mol. The molecule has 0 aliphatic rings. The maximum Gasteiger partial charge on any atom is 0.161 e. The SMILES string of the molecule is CC(=O)c1ccc(NC(C)C(C)C)cc1N. The lowest BCUT2D eigenvalue weighted by molar-refractivity contribution is 0.101. The van der Waals surface area contributed by atoms with Gasteiger partial charge in [0.15, 0.2) is 5.78 Å². The highest BCUT2D eigenvalue weighted by atomic mass is 16.1. The largest absolute Gasteiger partial charge is 0.398 e. The average molecular weight is 220 g/mol. The summed E-state index contributed by atoms with van der Waals surface area (Å²) in [5.74, 6) is 0.551. The Morgan fingerprint density at radius 1 is 1.31 bits per heavy atom. The number of ketones is 1. The molecule has 3 N–H and O–H groups in total. The number of anilines is 2. The van der Waals surface area contributed by atoms with Crippen molar-refractivity contribution >= 4 is 17.2 Å². The van der Waals surface area contributed by atoms with Gasteiger partial charge in [-0.2, -0.15) is 0 Å². The molecule has 0 fully saturated rings. The van der Waals surface area contributed by atoms with Gasteiger partial charge < -0.3 is 11.1 Å². The fourth-order valence-corrected chi connectivity index (χ4v) is 1.40. The van der Waals surface area contributed by atoms with Gasteiger partial charge in [0.25, 0.3) is 0 Å². The maximum absolute atomic E-state index is 11.2. The fraction of sp³-hybridized carbons (Fsp3) is 0.462. The van der Waals surface area contributed by atoms with Crippen molar-refractivity contribution in [3.8, 4) is 0 Å². The number of hydrogen-bond acceptors (Lipinski definition) is 3. The molecule has 0 saturated carbocycles. The highest BCUT2D eigenvalue weighted by Crippen LogP contribution is 2.20. The molecule has 3 nitrogen and oxygen atoms in total. The third-order valence-corrected chi connectivity index (χ3v) is 2.83. The van der Waals surface area contributed by atoms with Crippen LogP contribution in [0.25, 0.3) is 0 Å². The van der Waals surface area contributed by atoms with Gasteiger partial charge in [-0.25, -0.2) is 0 Å². The van der Waals surface area contributed by atoms with Crippen molar-refractivity contribution in [3.05, 3.63) is 23.8 Å². The van der Waals surface area contributed by atoms with E-state index < -0.39 is 0 Å². The van der Waals surface area contributed by atoms with Crippen molar-refractivity contribution in [1.82, 2.24) is 0 Å². The Labute approximate surface area is 97.0 Å². The molecule has 0 spiro atoms. The van der Waals surface area contributed by atoms with Crippen LogP contribution in [0.3, 0.4) is 0 Å². The Bertz CT molecular complexity index is 386. The maximum atomic E-state index is 11.2. The average Bonchev–Trinajstić information content (AvgIpc) is 2.16. The van der Waals surface area contributed by atoms with E-state index in [4.69, 9.17) is 5.73 Å². The van der Waals surface area contributed by atoms with Gasteiger partial charge in [0, 0.05) is 23.0 Å². The van der Waals surface area contributed by atoms with E-state index in [0.29, 0.717) is 23.2 Å². The number of Topliss-reactive ketones (excluding diaryl/α,β-unsaturated/α-hetero) is 1. The summed E-state index contributed by atoms with van der Waals surface area (Å²) >= 11 is 0. The van der Waals surface area contributed by atoms with Crippen LogP contribution >= 0.6 is 0 Å². The highest BCUT2D eigenvalue weighted by molar-refractivity contribution is 5.99. The Balaban J connectivity index is 2.85. The zero-order valence-corrected chi connectivity index (χ0v) is 10.4. The van der Waals surface area contributed by atoms with E-state index in [-0.39, 0.29) is 5.78 Å². The minimum absolute atomic E-state index is 0.000887. The summed E-state index contributed by atoms with van der Waals surface area (Å²) in [4.78, 5) is 11.2.